The van der Waals surface area contributed by atoms with Crippen LogP contribution in [0.3, 0.4) is 0 Å². The molecular formula is C23H19NO4S. The summed E-state index contributed by atoms with van der Waals surface area (Å²) in [4.78, 5) is 40.4. The van der Waals surface area contributed by atoms with Gasteiger partial charge in [-0.15, -0.1) is 11.3 Å². The molecule has 0 N–H and O–H groups in total. The van der Waals surface area contributed by atoms with Crippen LogP contribution in [0.4, 0.5) is 5.69 Å². The number of carbonyl (C=O) groups excluding carboxylic acids is 3. The van der Waals surface area contributed by atoms with Crippen molar-refractivity contribution in [3.63, 3.8) is 0 Å². The third kappa shape index (κ3) is 2.48. The van der Waals surface area contributed by atoms with E-state index < -0.39 is 0 Å². The van der Waals surface area contributed by atoms with Gasteiger partial charge in [-0.25, -0.2) is 0 Å². The molecule has 7 rings (SSSR count). The summed E-state index contributed by atoms with van der Waals surface area (Å²) in [5.41, 5.74) is 0.583. The van der Waals surface area contributed by atoms with Gasteiger partial charge in [-0.2, -0.15) is 0 Å². The molecule has 1 saturated heterocycles. The zero-order valence-corrected chi connectivity index (χ0v) is 16.4. The molecule has 146 valence electrons. The normalized spacial score (nSPS) is 33.6. The van der Waals surface area contributed by atoms with Crippen LogP contribution in [0.15, 0.2) is 53.9 Å². The minimum absolute atomic E-state index is 0.0383. The Morgan fingerprint density at radius 3 is 2.24 bits per heavy atom. The highest BCUT2D eigenvalue weighted by Gasteiger charge is 2.67. The van der Waals surface area contributed by atoms with E-state index in [9.17, 15) is 14.4 Å². The molecule has 5 aliphatic rings. The highest BCUT2D eigenvalue weighted by atomic mass is 32.1. The first-order chi connectivity index (χ1) is 14.1. The maximum absolute atomic E-state index is 13.1. The largest absolute Gasteiger partial charge is 0.485 e. The van der Waals surface area contributed by atoms with Crippen LogP contribution in [0.1, 0.15) is 16.1 Å². The van der Waals surface area contributed by atoms with E-state index in [0.29, 0.717) is 28.1 Å². The molecular weight excluding hydrogens is 386 g/mol. The molecule has 29 heavy (non-hydrogen) atoms. The highest BCUT2D eigenvalue weighted by Crippen LogP contribution is 2.65. The number of nitrogens with zero attached hydrogens (tertiary/aromatic N) is 1. The second-order valence-electron chi connectivity index (χ2n) is 8.35. The van der Waals surface area contributed by atoms with E-state index in [0.717, 1.165) is 6.42 Å². The van der Waals surface area contributed by atoms with Crippen molar-refractivity contribution in [3.8, 4) is 5.75 Å². The zero-order chi connectivity index (χ0) is 19.7. The maximum Gasteiger partial charge on any atom is 0.238 e. The fourth-order valence-electron chi connectivity index (χ4n) is 5.56. The molecule has 2 amide bonds. The molecule has 2 aromatic rings. The summed E-state index contributed by atoms with van der Waals surface area (Å²) in [6.45, 7) is -0.0383. The van der Waals surface area contributed by atoms with Gasteiger partial charge >= 0.3 is 0 Å². The van der Waals surface area contributed by atoms with Crippen LogP contribution >= 0.6 is 11.3 Å². The number of hydrogen-bond acceptors (Lipinski definition) is 5. The van der Waals surface area contributed by atoms with Crippen LogP contribution in [0.2, 0.25) is 0 Å². The van der Waals surface area contributed by atoms with Gasteiger partial charge in [0.1, 0.15) is 5.75 Å². The number of ether oxygens (including phenoxy) is 1. The van der Waals surface area contributed by atoms with Gasteiger partial charge in [-0.3, -0.25) is 19.3 Å². The minimum Gasteiger partial charge on any atom is -0.485 e. The Morgan fingerprint density at radius 1 is 1.00 bits per heavy atom. The van der Waals surface area contributed by atoms with Crippen molar-refractivity contribution in [2.75, 3.05) is 11.5 Å². The number of ketones is 1. The fraction of sp³-hybridized carbons (Fsp3) is 0.348. The molecule has 6 atom stereocenters. The maximum atomic E-state index is 13.1. The van der Waals surface area contributed by atoms with E-state index >= 15 is 0 Å². The summed E-state index contributed by atoms with van der Waals surface area (Å²) in [5, 5.41) is 1.86. The van der Waals surface area contributed by atoms with Gasteiger partial charge in [0.15, 0.2) is 6.61 Å². The second-order valence-corrected chi connectivity index (χ2v) is 9.30. The van der Waals surface area contributed by atoms with Crippen LogP contribution in [0.25, 0.3) is 0 Å². The number of benzene rings is 1. The van der Waals surface area contributed by atoms with Crippen LogP contribution < -0.4 is 9.64 Å². The van der Waals surface area contributed by atoms with Crippen molar-refractivity contribution < 1.29 is 19.1 Å². The van der Waals surface area contributed by atoms with E-state index in [2.05, 4.69) is 12.2 Å². The van der Waals surface area contributed by atoms with Crippen LogP contribution in [0.5, 0.6) is 5.75 Å². The number of imide groups is 1. The molecule has 1 aliphatic heterocycles. The number of anilines is 1. The number of Topliss-reactive ketones (excluding diaryl/α,β-unsaturated/α-hetero) is 1. The number of amides is 2. The smallest absolute Gasteiger partial charge is 0.238 e. The molecule has 1 aromatic carbocycles. The predicted molar refractivity (Wildman–Crippen MR) is 108 cm³/mol. The Morgan fingerprint density at radius 2 is 1.66 bits per heavy atom. The lowest BCUT2D eigenvalue weighted by Crippen LogP contribution is -2.40. The van der Waals surface area contributed by atoms with Gasteiger partial charge < -0.3 is 4.74 Å². The molecule has 4 aliphatic carbocycles. The highest BCUT2D eigenvalue weighted by molar-refractivity contribution is 7.12. The Balaban J connectivity index is 1.19. The zero-order valence-electron chi connectivity index (χ0n) is 15.6. The van der Waals surface area contributed by atoms with Gasteiger partial charge in [-0.05, 0) is 65.8 Å². The molecule has 3 fully saturated rings. The molecule has 2 bridgehead atoms. The van der Waals surface area contributed by atoms with E-state index in [1.54, 1.807) is 30.3 Å². The van der Waals surface area contributed by atoms with E-state index in [-0.39, 0.29) is 47.9 Å². The molecule has 5 nitrogen and oxygen atoms in total. The van der Waals surface area contributed by atoms with Crippen molar-refractivity contribution in [2.45, 2.75) is 6.42 Å². The Bertz CT molecular complexity index is 1010. The standard InChI is InChI=1S/C23H19NO4S/c25-18(19-2-1-9-29-19)11-28-13-5-3-12(4-6-13)24-22(26)20-14-7-8-15(17-10-16(14)17)21(20)23(24)27/h1-9,14-17,20-21H,10-11H2/t14-,15+,16+,17-,20+,21-. The third-order valence-corrected chi connectivity index (χ3v) is 7.83. The Hall–Kier alpha value is -2.73. The predicted octanol–water partition coefficient (Wildman–Crippen LogP) is 3.57. The van der Waals surface area contributed by atoms with E-state index in [1.807, 2.05) is 11.4 Å². The molecule has 0 radical (unpaired) electrons. The van der Waals surface area contributed by atoms with Crippen LogP contribution in [-0.4, -0.2) is 24.2 Å². The number of carbonyl (C=O) groups is 3. The average molecular weight is 405 g/mol. The summed E-state index contributed by atoms with van der Waals surface area (Å²) >= 11 is 1.39. The molecule has 1 aromatic heterocycles. The Kier molecular flexibility index (Phi) is 3.63. The number of hydrogen-bond donors (Lipinski definition) is 0. The summed E-state index contributed by atoms with van der Waals surface area (Å²) in [6.07, 6.45) is 5.51. The Labute approximate surface area is 172 Å². The SMILES string of the molecule is O=C(COc1ccc(N2C(=O)[C@@H]3[C@H]4C=C[C@H]([C@@H]5C[C@H]45)[C@@H]3C2=O)cc1)c1cccs1. The van der Waals surface area contributed by atoms with Gasteiger partial charge in [-0.1, -0.05) is 18.2 Å². The van der Waals surface area contributed by atoms with Gasteiger partial charge in [0.05, 0.1) is 22.4 Å². The lowest BCUT2D eigenvalue weighted by atomic mass is 9.63. The van der Waals surface area contributed by atoms with Crippen molar-refractivity contribution in [1.29, 1.82) is 0 Å². The summed E-state index contributed by atoms with van der Waals surface area (Å²) in [5.74, 6) is 1.60. The monoisotopic (exact) mass is 405 g/mol. The second kappa shape index (κ2) is 6.13. The van der Waals surface area contributed by atoms with Crippen LogP contribution in [0, 0.1) is 35.5 Å². The van der Waals surface area contributed by atoms with Crippen molar-refractivity contribution in [2.24, 2.45) is 35.5 Å². The van der Waals surface area contributed by atoms with Gasteiger partial charge in [0.25, 0.3) is 0 Å². The minimum atomic E-state index is -0.194. The fourth-order valence-corrected chi connectivity index (χ4v) is 6.21. The van der Waals surface area contributed by atoms with Crippen molar-refractivity contribution in [1.82, 2.24) is 0 Å². The molecule has 0 unspecified atom stereocenters. The quantitative estimate of drug-likeness (QED) is 0.433. The summed E-state index contributed by atoms with van der Waals surface area (Å²) in [6, 6.07) is 10.5. The van der Waals surface area contributed by atoms with E-state index in [4.69, 9.17) is 4.74 Å². The first-order valence-corrected chi connectivity index (χ1v) is 10.9. The number of thiophene rings is 1. The third-order valence-electron chi connectivity index (χ3n) is 6.92. The lowest BCUT2D eigenvalue weighted by Gasteiger charge is -2.37. The summed E-state index contributed by atoms with van der Waals surface area (Å²) in [7, 11) is 0. The number of allylic oxidation sites excluding steroid dienone is 2. The van der Waals surface area contributed by atoms with Gasteiger partial charge in [0, 0.05) is 0 Å². The van der Waals surface area contributed by atoms with Gasteiger partial charge in [0.2, 0.25) is 17.6 Å². The molecule has 2 heterocycles. The van der Waals surface area contributed by atoms with E-state index in [1.165, 1.54) is 16.2 Å². The topological polar surface area (TPSA) is 63.7 Å². The molecule has 6 heteroatoms. The van der Waals surface area contributed by atoms with Crippen LogP contribution in [-0.2, 0) is 9.59 Å². The first kappa shape index (κ1) is 17.2. The van der Waals surface area contributed by atoms with Crippen molar-refractivity contribution in [3.05, 3.63) is 58.8 Å². The average Bonchev–Trinajstić information content (AvgIpc) is 3.31. The lowest BCUT2D eigenvalue weighted by molar-refractivity contribution is -0.124. The number of rotatable bonds is 5. The van der Waals surface area contributed by atoms with Crippen molar-refractivity contribution >= 4 is 34.6 Å². The first-order valence-electron chi connectivity index (χ1n) is 9.99. The summed E-state index contributed by atoms with van der Waals surface area (Å²) < 4.78 is 5.58. The molecule has 0 spiro atoms. The molecule has 2 saturated carbocycles.